The van der Waals surface area contributed by atoms with Crippen LogP contribution in [0.5, 0.6) is 11.5 Å². The Morgan fingerprint density at radius 2 is 2.00 bits per heavy atom. The zero-order chi connectivity index (χ0) is 18.4. The number of methoxy groups -OCH3 is 2. The minimum Gasteiger partial charge on any atom is -0.497 e. The van der Waals surface area contributed by atoms with Gasteiger partial charge in [-0.05, 0) is 12.1 Å². The number of benzene rings is 2. The number of carbonyl (C=O) groups excluding carboxylic acids is 1. The van der Waals surface area contributed by atoms with E-state index in [1.807, 2.05) is 30.3 Å². The predicted molar refractivity (Wildman–Crippen MR) is 95.7 cm³/mol. The minimum atomic E-state index is -0.495. The number of hydrogen-bond donors (Lipinski definition) is 1. The zero-order valence-corrected chi connectivity index (χ0v) is 14.6. The first-order valence-corrected chi connectivity index (χ1v) is 8.12. The van der Waals surface area contributed by atoms with Gasteiger partial charge in [-0.3, -0.25) is 9.83 Å². The van der Waals surface area contributed by atoms with Crippen molar-refractivity contribution in [1.29, 1.82) is 0 Å². The van der Waals surface area contributed by atoms with Gasteiger partial charge in [0.2, 0.25) is 0 Å². The van der Waals surface area contributed by atoms with Crippen LogP contribution in [-0.4, -0.2) is 45.3 Å². The standard InChI is InChI=1S/C19H20N2O5/c1-23-14-8-9-16(17(10-14)24-2)19(22)25-12-15-11-20-18(21-26-15)13-6-4-3-5-7-13/h3-10,15H,11-12H2,1-2H3,(H,20,21)/t15-/m1/s1. The molecule has 1 N–H and O–H groups in total. The highest BCUT2D eigenvalue weighted by molar-refractivity contribution is 5.98. The fourth-order valence-electron chi connectivity index (χ4n) is 2.45. The number of rotatable bonds is 6. The van der Waals surface area contributed by atoms with E-state index in [0.717, 1.165) is 5.56 Å². The van der Waals surface area contributed by atoms with Crippen molar-refractivity contribution in [3.63, 3.8) is 0 Å². The smallest absolute Gasteiger partial charge is 0.342 e. The highest BCUT2D eigenvalue weighted by Crippen LogP contribution is 2.25. The van der Waals surface area contributed by atoms with Crippen molar-refractivity contribution in [2.75, 3.05) is 27.4 Å². The first-order chi connectivity index (χ1) is 12.7. The van der Waals surface area contributed by atoms with Crippen molar-refractivity contribution in [3.8, 4) is 11.5 Å². The van der Waals surface area contributed by atoms with Crippen molar-refractivity contribution in [1.82, 2.24) is 5.48 Å². The number of aliphatic imine (C=N–C) groups is 1. The summed E-state index contributed by atoms with van der Waals surface area (Å²) >= 11 is 0. The molecule has 0 aromatic heterocycles. The van der Waals surface area contributed by atoms with Crippen LogP contribution in [0.15, 0.2) is 53.5 Å². The molecule has 1 aliphatic heterocycles. The van der Waals surface area contributed by atoms with E-state index >= 15 is 0 Å². The maximum atomic E-state index is 12.3. The Hall–Kier alpha value is -3.06. The van der Waals surface area contributed by atoms with Crippen LogP contribution in [0.3, 0.4) is 0 Å². The van der Waals surface area contributed by atoms with E-state index in [0.29, 0.717) is 29.4 Å². The summed E-state index contributed by atoms with van der Waals surface area (Å²) in [6.07, 6.45) is -0.365. The molecule has 0 saturated carbocycles. The third-order valence-corrected chi connectivity index (χ3v) is 3.85. The van der Waals surface area contributed by atoms with Gasteiger partial charge in [-0.1, -0.05) is 30.3 Å². The summed E-state index contributed by atoms with van der Waals surface area (Å²) in [5.74, 6) is 1.15. The van der Waals surface area contributed by atoms with Crippen molar-refractivity contribution in [2.24, 2.45) is 4.99 Å². The molecule has 2 aromatic rings. The maximum absolute atomic E-state index is 12.3. The summed E-state index contributed by atoms with van der Waals surface area (Å²) in [6, 6.07) is 14.6. The number of hydroxylamine groups is 1. The average molecular weight is 356 g/mol. The highest BCUT2D eigenvalue weighted by Gasteiger charge is 2.21. The largest absolute Gasteiger partial charge is 0.497 e. The molecule has 0 unspecified atom stereocenters. The Bertz CT molecular complexity index is 792. The Labute approximate surface area is 151 Å². The van der Waals surface area contributed by atoms with Gasteiger partial charge in [0.1, 0.15) is 29.8 Å². The molecule has 0 bridgehead atoms. The molecule has 1 heterocycles. The Morgan fingerprint density at radius 1 is 1.19 bits per heavy atom. The van der Waals surface area contributed by atoms with Gasteiger partial charge >= 0.3 is 5.97 Å². The van der Waals surface area contributed by atoms with Crippen LogP contribution in [0, 0.1) is 0 Å². The van der Waals surface area contributed by atoms with Gasteiger partial charge in [0.15, 0.2) is 5.84 Å². The predicted octanol–water partition coefficient (Wildman–Crippen LogP) is 2.21. The average Bonchev–Trinajstić information content (AvgIpc) is 2.72. The molecule has 0 amide bonds. The Balaban J connectivity index is 1.57. The van der Waals surface area contributed by atoms with Crippen LogP contribution < -0.4 is 15.0 Å². The maximum Gasteiger partial charge on any atom is 0.342 e. The molecule has 0 aliphatic carbocycles. The molecule has 2 aromatic carbocycles. The summed E-state index contributed by atoms with van der Waals surface area (Å²) in [7, 11) is 3.03. The van der Waals surface area contributed by atoms with Crippen LogP contribution in [0.4, 0.5) is 0 Å². The van der Waals surface area contributed by atoms with Crippen LogP contribution >= 0.6 is 0 Å². The summed E-state index contributed by atoms with van der Waals surface area (Å²) in [4.78, 5) is 22.2. The lowest BCUT2D eigenvalue weighted by Gasteiger charge is -2.22. The topological polar surface area (TPSA) is 78.4 Å². The van der Waals surface area contributed by atoms with Gasteiger partial charge < -0.3 is 14.2 Å². The van der Waals surface area contributed by atoms with E-state index in [2.05, 4.69) is 10.5 Å². The number of nitrogens with one attached hydrogen (secondary N) is 1. The highest BCUT2D eigenvalue weighted by atomic mass is 16.7. The van der Waals surface area contributed by atoms with Gasteiger partial charge in [-0.2, -0.15) is 0 Å². The quantitative estimate of drug-likeness (QED) is 0.800. The number of nitrogens with zero attached hydrogens (tertiary/aromatic N) is 1. The molecule has 3 rings (SSSR count). The second-order valence-corrected chi connectivity index (χ2v) is 5.56. The molecular formula is C19H20N2O5. The molecule has 0 saturated heterocycles. The monoisotopic (exact) mass is 356 g/mol. The molecule has 1 aliphatic rings. The SMILES string of the molecule is COc1ccc(C(=O)OC[C@H]2CN=C(c3ccccc3)NO2)c(OC)c1. The van der Waals surface area contributed by atoms with E-state index in [4.69, 9.17) is 19.0 Å². The number of carbonyl (C=O) groups is 1. The molecule has 0 radical (unpaired) electrons. The van der Waals surface area contributed by atoms with E-state index < -0.39 is 5.97 Å². The lowest BCUT2D eigenvalue weighted by molar-refractivity contribution is -0.0350. The van der Waals surface area contributed by atoms with Gasteiger partial charge in [0.05, 0.1) is 20.8 Å². The minimum absolute atomic E-state index is 0.0760. The molecule has 1 atom stereocenters. The fourth-order valence-corrected chi connectivity index (χ4v) is 2.45. The Kier molecular flexibility index (Phi) is 5.70. The normalized spacial score (nSPS) is 16.2. The van der Waals surface area contributed by atoms with Crippen LogP contribution in [0.1, 0.15) is 15.9 Å². The third kappa shape index (κ3) is 4.12. The first-order valence-electron chi connectivity index (χ1n) is 8.12. The molecule has 7 nitrogen and oxygen atoms in total. The van der Waals surface area contributed by atoms with E-state index in [1.54, 1.807) is 25.3 Å². The summed E-state index contributed by atoms with van der Waals surface area (Å²) in [5.41, 5.74) is 4.06. The van der Waals surface area contributed by atoms with E-state index in [1.165, 1.54) is 7.11 Å². The second-order valence-electron chi connectivity index (χ2n) is 5.56. The van der Waals surface area contributed by atoms with Crippen molar-refractivity contribution in [3.05, 3.63) is 59.7 Å². The van der Waals surface area contributed by atoms with E-state index in [-0.39, 0.29) is 12.7 Å². The number of amidine groups is 1. The number of hydrogen-bond acceptors (Lipinski definition) is 7. The van der Waals surface area contributed by atoms with Crippen LogP contribution in [-0.2, 0) is 9.57 Å². The van der Waals surface area contributed by atoms with Crippen molar-refractivity contribution in [2.45, 2.75) is 6.10 Å². The van der Waals surface area contributed by atoms with Crippen molar-refractivity contribution < 1.29 is 23.8 Å². The first kappa shape index (κ1) is 17.8. The van der Waals surface area contributed by atoms with Crippen LogP contribution in [0.25, 0.3) is 0 Å². The molecule has 7 heteroatoms. The second kappa shape index (κ2) is 8.35. The number of ether oxygens (including phenoxy) is 3. The number of esters is 1. The fraction of sp³-hybridized carbons (Fsp3) is 0.263. The summed E-state index contributed by atoms with van der Waals surface area (Å²) in [6.45, 7) is 0.469. The molecular weight excluding hydrogens is 336 g/mol. The third-order valence-electron chi connectivity index (χ3n) is 3.85. The van der Waals surface area contributed by atoms with Crippen LogP contribution in [0.2, 0.25) is 0 Å². The summed E-state index contributed by atoms with van der Waals surface area (Å²) < 4.78 is 15.7. The molecule has 0 fully saturated rings. The Morgan fingerprint density at radius 3 is 2.65 bits per heavy atom. The lowest BCUT2D eigenvalue weighted by atomic mass is 10.2. The van der Waals surface area contributed by atoms with Gasteiger partial charge in [-0.15, -0.1) is 0 Å². The zero-order valence-electron chi connectivity index (χ0n) is 14.6. The molecule has 136 valence electrons. The lowest BCUT2D eigenvalue weighted by Crippen LogP contribution is -2.40. The molecule has 26 heavy (non-hydrogen) atoms. The molecule has 0 spiro atoms. The van der Waals surface area contributed by atoms with Gasteiger partial charge in [0, 0.05) is 11.6 Å². The van der Waals surface area contributed by atoms with Crippen molar-refractivity contribution >= 4 is 11.8 Å². The van der Waals surface area contributed by atoms with E-state index in [9.17, 15) is 4.79 Å². The van der Waals surface area contributed by atoms with Gasteiger partial charge in [-0.25, -0.2) is 10.3 Å². The van der Waals surface area contributed by atoms with Gasteiger partial charge in [0.25, 0.3) is 0 Å². The summed E-state index contributed by atoms with van der Waals surface area (Å²) in [5, 5.41) is 0.